The highest BCUT2D eigenvalue weighted by Crippen LogP contribution is 2.36. The first kappa shape index (κ1) is 17.3. The lowest BCUT2D eigenvalue weighted by Crippen LogP contribution is -2.47. The maximum absolute atomic E-state index is 6.58. The Bertz CT molecular complexity index is 279. The molecule has 0 aromatic heterocycles. The molecule has 2 saturated carbocycles. The van der Waals surface area contributed by atoms with E-state index >= 15 is 0 Å². The highest BCUT2D eigenvalue weighted by molar-refractivity contribution is 4.92. The minimum absolute atomic E-state index is 0.148. The molecule has 0 amide bonds. The molecule has 2 aliphatic carbocycles. The third-order valence-corrected chi connectivity index (χ3v) is 5.64. The molecule has 21 heavy (non-hydrogen) atoms. The number of nitrogens with one attached hydrogen (secondary N) is 1. The first-order chi connectivity index (χ1) is 10.2. The largest absolute Gasteiger partial charge is 0.373 e. The van der Waals surface area contributed by atoms with Gasteiger partial charge in [0.05, 0.1) is 12.2 Å². The summed E-state index contributed by atoms with van der Waals surface area (Å²) < 4.78 is 6.58. The molecule has 0 spiro atoms. The van der Waals surface area contributed by atoms with Crippen molar-refractivity contribution in [3.63, 3.8) is 0 Å². The van der Waals surface area contributed by atoms with Crippen LogP contribution in [0.2, 0.25) is 0 Å². The predicted molar refractivity (Wildman–Crippen MR) is 90.6 cm³/mol. The predicted octanol–water partition coefficient (Wildman–Crippen LogP) is 4.92. The van der Waals surface area contributed by atoms with E-state index in [2.05, 4.69) is 26.1 Å². The van der Waals surface area contributed by atoms with Crippen LogP contribution >= 0.6 is 0 Å². The van der Waals surface area contributed by atoms with Crippen molar-refractivity contribution in [1.29, 1.82) is 0 Å². The summed E-state index contributed by atoms with van der Waals surface area (Å²) in [5.74, 6) is 1.66. The minimum Gasteiger partial charge on any atom is -0.373 e. The van der Waals surface area contributed by atoms with Crippen LogP contribution in [0.5, 0.6) is 0 Å². The van der Waals surface area contributed by atoms with E-state index in [0.717, 1.165) is 31.0 Å². The van der Waals surface area contributed by atoms with Gasteiger partial charge in [-0.3, -0.25) is 0 Å². The first-order valence-corrected chi connectivity index (χ1v) is 9.54. The summed E-state index contributed by atoms with van der Waals surface area (Å²) in [7, 11) is 0. The highest BCUT2D eigenvalue weighted by Gasteiger charge is 2.37. The van der Waals surface area contributed by atoms with Crippen molar-refractivity contribution in [1.82, 2.24) is 5.32 Å². The maximum Gasteiger partial charge on any atom is 0.0806 e. The van der Waals surface area contributed by atoms with Gasteiger partial charge in [0.1, 0.15) is 0 Å². The molecule has 0 aliphatic heterocycles. The standard InChI is InChI=1S/C19H37NO/c1-4-6-7-17(5-2)14-21-19(15-20-18-8-9-18)12-10-16(3)11-13-19/h16-18,20H,4-15H2,1-3H3. The summed E-state index contributed by atoms with van der Waals surface area (Å²) in [5, 5.41) is 3.74. The van der Waals surface area contributed by atoms with Gasteiger partial charge in [-0.05, 0) is 56.8 Å². The summed E-state index contributed by atoms with van der Waals surface area (Å²) in [6.07, 6.45) is 13.2. The number of unbranched alkanes of at least 4 members (excludes halogenated alkanes) is 1. The monoisotopic (exact) mass is 295 g/mol. The van der Waals surface area contributed by atoms with E-state index in [-0.39, 0.29) is 5.60 Å². The lowest BCUT2D eigenvalue weighted by Gasteiger charge is -2.40. The van der Waals surface area contributed by atoms with Gasteiger partial charge >= 0.3 is 0 Å². The van der Waals surface area contributed by atoms with Crippen LogP contribution in [-0.2, 0) is 4.74 Å². The van der Waals surface area contributed by atoms with Crippen LogP contribution in [-0.4, -0.2) is 24.8 Å². The fourth-order valence-corrected chi connectivity index (χ4v) is 3.47. The van der Waals surface area contributed by atoms with Gasteiger partial charge < -0.3 is 10.1 Å². The van der Waals surface area contributed by atoms with E-state index in [4.69, 9.17) is 4.74 Å². The lowest BCUT2D eigenvalue weighted by molar-refractivity contribution is -0.0891. The summed E-state index contributed by atoms with van der Waals surface area (Å²) in [4.78, 5) is 0. The van der Waals surface area contributed by atoms with Crippen molar-refractivity contribution in [2.75, 3.05) is 13.2 Å². The molecule has 0 radical (unpaired) electrons. The van der Waals surface area contributed by atoms with E-state index in [1.54, 1.807) is 0 Å². The Kier molecular flexibility index (Phi) is 7.01. The van der Waals surface area contributed by atoms with Crippen molar-refractivity contribution < 1.29 is 4.74 Å². The van der Waals surface area contributed by atoms with Crippen molar-refractivity contribution in [3.05, 3.63) is 0 Å². The molecule has 124 valence electrons. The zero-order valence-corrected chi connectivity index (χ0v) is 14.6. The number of hydrogen-bond acceptors (Lipinski definition) is 2. The van der Waals surface area contributed by atoms with Crippen LogP contribution in [0.1, 0.15) is 85.0 Å². The van der Waals surface area contributed by atoms with E-state index in [1.165, 1.54) is 64.2 Å². The van der Waals surface area contributed by atoms with Gasteiger partial charge in [-0.2, -0.15) is 0 Å². The SMILES string of the molecule is CCCCC(CC)COC1(CNC2CC2)CCC(C)CC1. The smallest absolute Gasteiger partial charge is 0.0806 e. The minimum atomic E-state index is 0.148. The second kappa shape index (κ2) is 8.53. The van der Waals surface area contributed by atoms with E-state index < -0.39 is 0 Å². The third kappa shape index (κ3) is 5.90. The Morgan fingerprint density at radius 3 is 2.43 bits per heavy atom. The van der Waals surface area contributed by atoms with Crippen LogP contribution in [0.4, 0.5) is 0 Å². The average molecular weight is 296 g/mol. The molecule has 0 aromatic rings. The fraction of sp³-hybridized carbons (Fsp3) is 1.00. The van der Waals surface area contributed by atoms with Crippen LogP contribution in [0, 0.1) is 11.8 Å². The lowest BCUT2D eigenvalue weighted by atomic mass is 9.79. The van der Waals surface area contributed by atoms with Gasteiger partial charge in [0.25, 0.3) is 0 Å². The first-order valence-electron chi connectivity index (χ1n) is 9.54. The molecule has 0 aromatic carbocycles. The molecule has 2 nitrogen and oxygen atoms in total. The molecule has 1 N–H and O–H groups in total. The van der Waals surface area contributed by atoms with Crippen LogP contribution < -0.4 is 5.32 Å². The summed E-state index contributed by atoms with van der Waals surface area (Å²) >= 11 is 0. The van der Waals surface area contributed by atoms with Crippen molar-refractivity contribution >= 4 is 0 Å². The molecule has 2 fully saturated rings. The molecule has 2 heteroatoms. The van der Waals surface area contributed by atoms with Gasteiger partial charge in [0.15, 0.2) is 0 Å². The zero-order valence-electron chi connectivity index (χ0n) is 14.6. The quantitative estimate of drug-likeness (QED) is 0.617. The van der Waals surface area contributed by atoms with Crippen LogP contribution in [0.3, 0.4) is 0 Å². The number of rotatable bonds is 10. The third-order valence-electron chi connectivity index (χ3n) is 5.64. The Hall–Kier alpha value is -0.0800. The molecular formula is C19H37NO. The Labute approximate surface area is 132 Å². The molecule has 0 saturated heterocycles. The van der Waals surface area contributed by atoms with E-state index in [9.17, 15) is 0 Å². The fourth-order valence-electron chi connectivity index (χ4n) is 3.47. The van der Waals surface area contributed by atoms with Gasteiger partial charge in [0.2, 0.25) is 0 Å². The summed E-state index contributed by atoms with van der Waals surface area (Å²) in [6, 6.07) is 0.798. The van der Waals surface area contributed by atoms with Gasteiger partial charge in [0, 0.05) is 12.6 Å². The van der Waals surface area contributed by atoms with Gasteiger partial charge in [-0.25, -0.2) is 0 Å². The highest BCUT2D eigenvalue weighted by atomic mass is 16.5. The molecule has 0 bridgehead atoms. The summed E-state index contributed by atoms with van der Waals surface area (Å²) in [5.41, 5.74) is 0.148. The number of hydrogen-bond donors (Lipinski definition) is 1. The van der Waals surface area contributed by atoms with Crippen LogP contribution in [0.25, 0.3) is 0 Å². The Morgan fingerprint density at radius 1 is 1.14 bits per heavy atom. The normalized spacial score (nSPS) is 31.3. The average Bonchev–Trinajstić information content (AvgIpc) is 3.32. The van der Waals surface area contributed by atoms with Gasteiger partial charge in [-0.1, -0.05) is 40.0 Å². The van der Waals surface area contributed by atoms with Crippen molar-refractivity contribution in [3.8, 4) is 0 Å². The second-order valence-corrected chi connectivity index (χ2v) is 7.75. The zero-order chi connectivity index (χ0) is 15.1. The molecule has 2 rings (SSSR count). The van der Waals surface area contributed by atoms with Crippen molar-refractivity contribution in [2.24, 2.45) is 11.8 Å². The molecular weight excluding hydrogens is 258 g/mol. The molecule has 1 atom stereocenters. The topological polar surface area (TPSA) is 21.3 Å². The van der Waals surface area contributed by atoms with Crippen molar-refractivity contribution in [2.45, 2.75) is 96.6 Å². The number of ether oxygens (including phenoxy) is 1. The van der Waals surface area contributed by atoms with E-state index in [0.29, 0.717) is 0 Å². The second-order valence-electron chi connectivity index (χ2n) is 7.75. The molecule has 2 aliphatic rings. The summed E-state index contributed by atoms with van der Waals surface area (Å²) in [6.45, 7) is 9.08. The van der Waals surface area contributed by atoms with Gasteiger partial charge in [-0.15, -0.1) is 0 Å². The molecule has 0 heterocycles. The van der Waals surface area contributed by atoms with E-state index in [1.807, 2.05) is 0 Å². The molecule has 1 unspecified atom stereocenters. The Morgan fingerprint density at radius 2 is 1.86 bits per heavy atom. The Balaban J connectivity index is 1.82. The van der Waals surface area contributed by atoms with Crippen LogP contribution in [0.15, 0.2) is 0 Å². The maximum atomic E-state index is 6.58.